The summed E-state index contributed by atoms with van der Waals surface area (Å²) in [6, 6.07) is 0. The fourth-order valence-electron chi connectivity index (χ4n) is 1.98. The first-order valence-electron chi connectivity index (χ1n) is 5.46. The van der Waals surface area contributed by atoms with Gasteiger partial charge in [-0.2, -0.15) is 0 Å². The first-order chi connectivity index (χ1) is 7.07. The molecule has 0 saturated heterocycles. The largest absolute Gasteiger partial charge is 0.0955 e. The van der Waals surface area contributed by atoms with Crippen LogP contribution in [-0.2, 0) is 0 Å². The van der Waals surface area contributed by atoms with Crippen molar-refractivity contribution in [2.75, 3.05) is 0 Å². The SMILES string of the molecule is C=C(C)/C(=C/C)C(=C)C1=CC=CCC1C. The summed E-state index contributed by atoms with van der Waals surface area (Å²) in [5.41, 5.74) is 4.74. The minimum Gasteiger partial charge on any atom is -0.0955 e. The molecule has 0 amide bonds. The first-order valence-corrected chi connectivity index (χ1v) is 5.46. The Labute approximate surface area is 93.4 Å². The van der Waals surface area contributed by atoms with Crippen LogP contribution >= 0.6 is 0 Å². The van der Waals surface area contributed by atoms with Crippen molar-refractivity contribution in [3.63, 3.8) is 0 Å². The summed E-state index contributed by atoms with van der Waals surface area (Å²) in [6.07, 6.45) is 9.70. The van der Waals surface area contributed by atoms with Gasteiger partial charge in [-0.1, -0.05) is 50.0 Å². The average molecular weight is 200 g/mol. The summed E-state index contributed by atoms with van der Waals surface area (Å²) in [5.74, 6) is 0.566. The third-order valence-corrected chi connectivity index (χ3v) is 2.85. The molecule has 0 nitrogen and oxygen atoms in total. The lowest BCUT2D eigenvalue weighted by Gasteiger charge is -2.21. The molecule has 1 aliphatic carbocycles. The Morgan fingerprint density at radius 3 is 2.60 bits per heavy atom. The van der Waals surface area contributed by atoms with Crippen molar-refractivity contribution in [2.24, 2.45) is 5.92 Å². The summed E-state index contributed by atoms with van der Waals surface area (Å²) in [5, 5.41) is 0. The lowest BCUT2D eigenvalue weighted by atomic mass is 9.84. The molecule has 15 heavy (non-hydrogen) atoms. The third-order valence-electron chi connectivity index (χ3n) is 2.85. The van der Waals surface area contributed by atoms with E-state index in [9.17, 15) is 0 Å². The van der Waals surface area contributed by atoms with Crippen LogP contribution in [0, 0.1) is 5.92 Å². The van der Waals surface area contributed by atoms with Crippen LogP contribution < -0.4 is 0 Å². The van der Waals surface area contributed by atoms with Crippen molar-refractivity contribution in [2.45, 2.75) is 27.2 Å². The van der Waals surface area contributed by atoms with Gasteiger partial charge in [0.1, 0.15) is 0 Å². The van der Waals surface area contributed by atoms with Gasteiger partial charge in [0, 0.05) is 0 Å². The molecule has 0 bridgehead atoms. The molecule has 0 saturated carbocycles. The third kappa shape index (κ3) is 2.59. The summed E-state index contributed by atoms with van der Waals surface area (Å²) >= 11 is 0. The Balaban J connectivity index is 2.98. The van der Waals surface area contributed by atoms with Crippen LogP contribution in [0.4, 0.5) is 0 Å². The molecule has 1 unspecified atom stereocenters. The molecule has 0 aliphatic heterocycles. The molecule has 0 heteroatoms. The van der Waals surface area contributed by atoms with E-state index in [4.69, 9.17) is 0 Å². The van der Waals surface area contributed by atoms with Crippen LogP contribution in [0.25, 0.3) is 0 Å². The van der Waals surface area contributed by atoms with Crippen molar-refractivity contribution in [3.05, 3.63) is 59.8 Å². The molecule has 0 aromatic rings. The number of allylic oxidation sites excluding steroid dienone is 8. The van der Waals surface area contributed by atoms with Crippen molar-refractivity contribution >= 4 is 0 Å². The van der Waals surface area contributed by atoms with Crippen molar-refractivity contribution < 1.29 is 0 Å². The normalized spacial score (nSPS) is 21.1. The molecule has 0 spiro atoms. The maximum Gasteiger partial charge on any atom is -0.0150 e. The van der Waals surface area contributed by atoms with Crippen LogP contribution in [-0.4, -0.2) is 0 Å². The maximum absolute atomic E-state index is 4.19. The highest BCUT2D eigenvalue weighted by molar-refractivity contribution is 5.55. The lowest BCUT2D eigenvalue weighted by molar-refractivity contribution is 0.696. The fourth-order valence-corrected chi connectivity index (χ4v) is 1.98. The number of hydrogen-bond donors (Lipinski definition) is 0. The Bertz CT molecular complexity index is 361. The fraction of sp³-hybridized carbons (Fsp3) is 0.333. The second kappa shape index (κ2) is 4.97. The van der Waals surface area contributed by atoms with Crippen molar-refractivity contribution in [3.8, 4) is 0 Å². The van der Waals surface area contributed by atoms with Crippen LogP contribution in [0.3, 0.4) is 0 Å². The monoisotopic (exact) mass is 200 g/mol. The second-order valence-electron chi connectivity index (χ2n) is 4.15. The zero-order valence-corrected chi connectivity index (χ0v) is 10.0. The molecule has 0 aromatic carbocycles. The minimum absolute atomic E-state index is 0.566. The van der Waals surface area contributed by atoms with Crippen molar-refractivity contribution in [1.29, 1.82) is 0 Å². The highest BCUT2D eigenvalue weighted by Crippen LogP contribution is 2.31. The lowest BCUT2D eigenvalue weighted by Crippen LogP contribution is -2.05. The van der Waals surface area contributed by atoms with Gasteiger partial charge >= 0.3 is 0 Å². The summed E-state index contributed by atoms with van der Waals surface area (Å²) in [6.45, 7) is 14.5. The van der Waals surface area contributed by atoms with Gasteiger partial charge in [0.25, 0.3) is 0 Å². The van der Waals surface area contributed by atoms with Crippen LogP contribution in [0.1, 0.15) is 27.2 Å². The van der Waals surface area contributed by atoms with E-state index in [-0.39, 0.29) is 0 Å². The second-order valence-corrected chi connectivity index (χ2v) is 4.15. The molecule has 80 valence electrons. The predicted molar refractivity (Wildman–Crippen MR) is 68.7 cm³/mol. The summed E-state index contributed by atoms with van der Waals surface area (Å²) in [4.78, 5) is 0. The van der Waals surface area contributed by atoms with Gasteiger partial charge < -0.3 is 0 Å². The highest BCUT2D eigenvalue weighted by Gasteiger charge is 2.15. The predicted octanol–water partition coefficient (Wildman–Crippen LogP) is 4.59. The molecule has 0 fully saturated rings. The first kappa shape index (κ1) is 11.8. The van der Waals surface area contributed by atoms with Gasteiger partial charge in [0.05, 0.1) is 0 Å². The summed E-state index contributed by atoms with van der Waals surface area (Å²) in [7, 11) is 0. The van der Waals surface area contributed by atoms with E-state index in [1.165, 1.54) is 11.1 Å². The average Bonchev–Trinajstić information content (AvgIpc) is 2.18. The Morgan fingerprint density at radius 2 is 2.13 bits per heavy atom. The Hall–Kier alpha value is -1.30. The topological polar surface area (TPSA) is 0 Å². The van der Waals surface area contributed by atoms with E-state index in [1.807, 2.05) is 13.8 Å². The van der Waals surface area contributed by atoms with Gasteiger partial charge in [0.2, 0.25) is 0 Å². The van der Waals surface area contributed by atoms with Gasteiger partial charge in [-0.15, -0.1) is 0 Å². The maximum atomic E-state index is 4.19. The molecular weight excluding hydrogens is 180 g/mol. The summed E-state index contributed by atoms with van der Waals surface area (Å²) < 4.78 is 0. The van der Waals surface area contributed by atoms with Gasteiger partial charge in [0.15, 0.2) is 0 Å². The molecular formula is C15H20. The van der Waals surface area contributed by atoms with Gasteiger partial charge in [-0.05, 0) is 42.9 Å². The van der Waals surface area contributed by atoms with E-state index < -0.39 is 0 Å². The molecule has 1 rings (SSSR count). The molecule has 0 aromatic heterocycles. The number of hydrogen-bond acceptors (Lipinski definition) is 0. The van der Waals surface area contributed by atoms with E-state index in [0.717, 1.165) is 17.6 Å². The Morgan fingerprint density at radius 1 is 1.47 bits per heavy atom. The Kier molecular flexibility index (Phi) is 3.90. The quantitative estimate of drug-likeness (QED) is 0.585. The number of rotatable bonds is 3. The van der Waals surface area contributed by atoms with Crippen LogP contribution in [0.2, 0.25) is 0 Å². The van der Waals surface area contributed by atoms with E-state index in [1.54, 1.807) is 0 Å². The van der Waals surface area contributed by atoms with E-state index in [2.05, 4.69) is 44.4 Å². The molecule has 0 radical (unpaired) electrons. The van der Waals surface area contributed by atoms with E-state index in [0.29, 0.717) is 5.92 Å². The minimum atomic E-state index is 0.566. The molecule has 1 atom stereocenters. The zero-order valence-electron chi connectivity index (χ0n) is 10.0. The molecule has 0 N–H and O–H groups in total. The smallest absolute Gasteiger partial charge is 0.0150 e. The van der Waals surface area contributed by atoms with Crippen LogP contribution in [0.5, 0.6) is 0 Å². The van der Waals surface area contributed by atoms with Gasteiger partial charge in [-0.3, -0.25) is 0 Å². The standard InChI is InChI=1S/C15H20/c1-6-14(11(2)3)13(5)15-10-8-7-9-12(15)4/h6-8,10,12H,2,5,9H2,1,3-4H3/b14-6-. The molecule has 1 aliphatic rings. The van der Waals surface area contributed by atoms with Gasteiger partial charge in [-0.25, -0.2) is 0 Å². The molecule has 0 heterocycles. The van der Waals surface area contributed by atoms with Crippen LogP contribution in [0.15, 0.2) is 59.8 Å². The zero-order chi connectivity index (χ0) is 11.4. The van der Waals surface area contributed by atoms with Crippen molar-refractivity contribution in [1.82, 2.24) is 0 Å². The highest BCUT2D eigenvalue weighted by atomic mass is 14.2. The van der Waals surface area contributed by atoms with E-state index >= 15 is 0 Å².